The molecule has 0 fully saturated rings. The molecule has 0 aliphatic carbocycles. The summed E-state index contributed by atoms with van der Waals surface area (Å²) in [5.74, 6) is 0. The van der Waals surface area contributed by atoms with Crippen LogP contribution in [0.2, 0.25) is 0 Å². The first-order valence-corrected chi connectivity index (χ1v) is 8.55. The lowest BCUT2D eigenvalue weighted by atomic mass is 10.1. The van der Waals surface area contributed by atoms with Crippen LogP contribution in [0.1, 0.15) is 51.9 Å². The second-order valence-corrected chi connectivity index (χ2v) is 5.97. The number of unbranched alkanes of at least 4 members (excludes halogenated alkanes) is 6. The minimum atomic E-state index is -4.67. The third-order valence-electron chi connectivity index (χ3n) is 2.99. The van der Waals surface area contributed by atoms with Crippen molar-refractivity contribution in [2.45, 2.75) is 51.9 Å². The van der Waals surface area contributed by atoms with E-state index in [0.717, 1.165) is 6.67 Å². The van der Waals surface area contributed by atoms with Crippen molar-refractivity contribution in [1.29, 1.82) is 0 Å². The molecule has 1 aliphatic heterocycles. The van der Waals surface area contributed by atoms with Gasteiger partial charge in [0, 0.05) is 26.0 Å². The maximum absolute atomic E-state index is 8.74. The number of rotatable bonds is 8. The zero-order valence-corrected chi connectivity index (χ0v) is 13.3. The molecule has 7 heteroatoms. The van der Waals surface area contributed by atoms with Crippen LogP contribution in [-0.4, -0.2) is 47.6 Å². The third kappa shape index (κ3) is 15.3. The summed E-state index contributed by atoms with van der Waals surface area (Å²) in [4.78, 5) is 4.62. The van der Waals surface area contributed by atoms with E-state index in [4.69, 9.17) is 17.5 Å². The van der Waals surface area contributed by atoms with E-state index in [1.807, 2.05) is 0 Å². The van der Waals surface area contributed by atoms with Crippen molar-refractivity contribution in [1.82, 2.24) is 9.80 Å². The molecule has 20 heavy (non-hydrogen) atoms. The quantitative estimate of drug-likeness (QED) is 0.530. The van der Waals surface area contributed by atoms with E-state index in [9.17, 15) is 0 Å². The van der Waals surface area contributed by atoms with Gasteiger partial charge in [0.2, 0.25) is 0 Å². The van der Waals surface area contributed by atoms with Gasteiger partial charge in [-0.15, -0.1) is 0 Å². The van der Waals surface area contributed by atoms with Crippen LogP contribution in [0.15, 0.2) is 12.4 Å². The van der Waals surface area contributed by atoms with Gasteiger partial charge in [-0.25, -0.2) is 0 Å². The van der Waals surface area contributed by atoms with Crippen LogP contribution in [0, 0.1) is 0 Å². The highest BCUT2D eigenvalue weighted by Crippen LogP contribution is 2.09. The van der Waals surface area contributed by atoms with Gasteiger partial charge >= 0.3 is 10.4 Å². The van der Waals surface area contributed by atoms with Gasteiger partial charge in [-0.3, -0.25) is 9.11 Å². The van der Waals surface area contributed by atoms with Gasteiger partial charge < -0.3 is 9.80 Å². The van der Waals surface area contributed by atoms with Crippen molar-refractivity contribution in [3.8, 4) is 0 Å². The molecule has 0 aromatic rings. The van der Waals surface area contributed by atoms with Crippen LogP contribution < -0.4 is 0 Å². The van der Waals surface area contributed by atoms with Gasteiger partial charge in [-0.1, -0.05) is 45.4 Å². The lowest BCUT2D eigenvalue weighted by Gasteiger charge is -2.17. The van der Waals surface area contributed by atoms with Gasteiger partial charge in [0.15, 0.2) is 0 Å². The highest BCUT2D eigenvalue weighted by molar-refractivity contribution is 7.79. The fraction of sp³-hybridized carbons (Fsp3) is 0.846. The highest BCUT2D eigenvalue weighted by Gasteiger charge is 2.06. The predicted octanol–water partition coefficient (Wildman–Crippen LogP) is 2.76. The summed E-state index contributed by atoms with van der Waals surface area (Å²) in [5.41, 5.74) is 0. The molecule has 0 aromatic carbocycles. The van der Waals surface area contributed by atoms with Crippen molar-refractivity contribution in [3.63, 3.8) is 0 Å². The van der Waals surface area contributed by atoms with E-state index in [2.05, 4.69) is 36.2 Å². The van der Waals surface area contributed by atoms with Crippen LogP contribution in [0.3, 0.4) is 0 Å². The zero-order chi connectivity index (χ0) is 15.4. The van der Waals surface area contributed by atoms with Crippen LogP contribution in [0.25, 0.3) is 0 Å². The molecule has 2 N–H and O–H groups in total. The summed E-state index contributed by atoms with van der Waals surface area (Å²) in [6.45, 7) is 4.58. The Balaban J connectivity index is 0.000000621. The molecule has 1 heterocycles. The normalized spacial score (nSPS) is 14.4. The summed E-state index contributed by atoms with van der Waals surface area (Å²) >= 11 is 0. The van der Waals surface area contributed by atoms with Crippen LogP contribution in [0.5, 0.6) is 0 Å². The Labute approximate surface area is 123 Å². The molecule has 0 radical (unpaired) electrons. The predicted molar refractivity (Wildman–Crippen MR) is 80.6 cm³/mol. The Morgan fingerprint density at radius 3 is 1.95 bits per heavy atom. The fourth-order valence-electron chi connectivity index (χ4n) is 2.01. The molecule has 0 saturated carbocycles. The van der Waals surface area contributed by atoms with Crippen molar-refractivity contribution >= 4 is 10.4 Å². The van der Waals surface area contributed by atoms with E-state index in [1.165, 1.54) is 51.5 Å². The van der Waals surface area contributed by atoms with Crippen molar-refractivity contribution in [2.24, 2.45) is 0 Å². The maximum atomic E-state index is 8.74. The fourth-order valence-corrected chi connectivity index (χ4v) is 2.01. The second-order valence-electron chi connectivity index (χ2n) is 5.08. The Kier molecular flexibility index (Phi) is 10.5. The van der Waals surface area contributed by atoms with Crippen molar-refractivity contribution < 1.29 is 17.5 Å². The first kappa shape index (κ1) is 19.2. The Morgan fingerprint density at radius 1 is 1.00 bits per heavy atom. The van der Waals surface area contributed by atoms with Gasteiger partial charge in [0.25, 0.3) is 0 Å². The molecule has 1 rings (SSSR count). The molecule has 0 bridgehead atoms. The van der Waals surface area contributed by atoms with Gasteiger partial charge in [0.1, 0.15) is 0 Å². The van der Waals surface area contributed by atoms with E-state index < -0.39 is 10.4 Å². The van der Waals surface area contributed by atoms with Crippen molar-refractivity contribution in [2.75, 3.05) is 20.3 Å². The molecule has 0 atom stereocenters. The summed E-state index contributed by atoms with van der Waals surface area (Å²) in [6.07, 6.45) is 14.2. The largest absolute Gasteiger partial charge is 0.394 e. The topological polar surface area (TPSA) is 81.1 Å². The number of nitrogens with zero attached hydrogens (tertiary/aromatic N) is 2. The van der Waals surface area contributed by atoms with Gasteiger partial charge in [0.05, 0.1) is 6.67 Å². The lowest BCUT2D eigenvalue weighted by Crippen LogP contribution is -2.23. The summed E-state index contributed by atoms with van der Waals surface area (Å²) in [7, 11) is -2.54. The summed E-state index contributed by atoms with van der Waals surface area (Å²) in [5, 5.41) is 0. The van der Waals surface area contributed by atoms with Crippen LogP contribution in [-0.2, 0) is 10.4 Å². The lowest BCUT2D eigenvalue weighted by molar-refractivity contribution is 0.290. The standard InChI is InChI=1S/C13H26N2.H2O4S/c1-3-4-5-6-7-8-9-10-15-12-11-14(2)13-15;1-5(2,3)4/h11-12H,3-10,13H2,1-2H3;(H2,1,2,3,4). The average Bonchev–Trinajstić information content (AvgIpc) is 2.72. The van der Waals surface area contributed by atoms with E-state index in [-0.39, 0.29) is 0 Å². The first-order valence-electron chi connectivity index (χ1n) is 7.15. The molecule has 0 amide bonds. The Bertz CT molecular complexity index is 349. The van der Waals surface area contributed by atoms with Gasteiger partial charge in [-0.05, 0) is 6.42 Å². The monoisotopic (exact) mass is 308 g/mol. The average molecular weight is 308 g/mol. The third-order valence-corrected chi connectivity index (χ3v) is 2.99. The smallest absolute Gasteiger partial charge is 0.362 e. The molecule has 1 aliphatic rings. The summed E-state index contributed by atoms with van der Waals surface area (Å²) < 4.78 is 31.6. The number of hydrogen-bond acceptors (Lipinski definition) is 4. The summed E-state index contributed by atoms with van der Waals surface area (Å²) in [6, 6.07) is 0. The van der Waals surface area contributed by atoms with E-state index in [0.29, 0.717) is 0 Å². The van der Waals surface area contributed by atoms with Crippen LogP contribution in [0.4, 0.5) is 0 Å². The van der Waals surface area contributed by atoms with Crippen molar-refractivity contribution in [3.05, 3.63) is 12.4 Å². The SMILES string of the molecule is CCCCCCCCCN1C=CN(C)C1.O=S(=O)(O)O. The number of hydrogen-bond donors (Lipinski definition) is 2. The minimum absolute atomic E-state index is 1.08. The van der Waals surface area contributed by atoms with Gasteiger partial charge in [-0.2, -0.15) is 8.42 Å². The van der Waals surface area contributed by atoms with E-state index in [1.54, 1.807) is 0 Å². The zero-order valence-electron chi connectivity index (χ0n) is 12.5. The first-order chi connectivity index (χ1) is 9.33. The molecule has 0 spiro atoms. The molecule has 6 nitrogen and oxygen atoms in total. The minimum Gasteiger partial charge on any atom is -0.362 e. The van der Waals surface area contributed by atoms with Crippen LogP contribution >= 0.6 is 0 Å². The molecule has 0 aromatic heterocycles. The molecule has 120 valence electrons. The molecular weight excluding hydrogens is 280 g/mol. The molecule has 0 saturated heterocycles. The molecule has 0 unspecified atom stereocenters. The maximum Gasteiger partial charge on any atom is 0.394 e. The Morgan fingerprint density at radius 2 is 1.50 bits per heavy atom. The highest BCUT2D eigenvalue weighted by atomic mass is 32.3. The Hall–Kier alpha value is -0.790. The molecular formula is C13H28N2O4S. The van der Waals surface area contributed by atoms with E-state index >= 15 is 0 Å². The second kappa shape index (κ2) is 10.9.